The van der Waals surface area contributed by atoms with Crippen LogP contribution in [0.3, 0.4) is 0 Å². The van der Waals surface area contributed by atoms with Gasteiger partial charge in [-0.2, -0.15) is 4.31 Å². The number of piperidine rings is 1. The van der Waals surface area contributed by atoms with Gasteiger partial charge in [0.15, 0.2) is 0 Å². The first-order chi connectivity index (χ1) is 14.3. The number of likely N-dealkylation sites (tertiary alicyclic amines) is 1. The van der Waals surface area contributed by atoms with Crippen LogP contribution < -0.4 is 0 Å². The topological polar surface area (TPSA) is 81.1 Å². The Morgan fingerprint density at radius 3 is 2.13 bits per heavy atom. The third-order valence-corrected chi connectivity index (χ3v) is 8.07. The normalized spacial score (nSPS) is 22.3. The molecule has 0 amide bonds. The molecule has 0 spiro atoms. The maximum Gasteiger partial charge on any atom is 0.242 e. The first-order valence-electron chi connectivity index (χ1n) is 10.3. The highest BCUT2D eigenvalue weighted by atomic mass is 32.2. The summed E-state index contributed by atoms with van der Waals surface area (Å²) in [5.74, 6) is 0. The Balaban J connectivity index is 1.87. The summed E-state index contributed by atoms with van der Waals surface area (Å²) >= 11 is 0. The molecule has 2 aromatic carbocycles. The van der Waals surface area contributed by atoms with Gasteiger partial charge in [0.25, 0.3) is 0 Å². The monoisotopic (exact) mass is 432 g/mol. The fraction of sp³-hybridized carbons (Fsp3) is 0.478. The second kappa shape index (κ2) is 9.58. The van der Waals surface area contributed by atoms with Crippen LogP contribution in [0.15, 0.2) is 65.6 Å². The third kappa shape index (κ3) is 4.92. The number of hydrogen-bond acceptors (Lipinski definition) is 5. The van der Waals surface area contributed by atoms with Crippen molar-refractivity contribution in [3.8, 4) is 0 Å². The molecule has 2 aromatic rings. The molecule has 2 N–H and O–H groups in total. The minimum atomic E-state index is -3.62. The lowest BCUT2D eigenvalue weighted by atomic mass is 9.73. The van der Waals surface area contributed by atoms with E-state index < -0.39 is 15.4 Å². The number of aliphatic hydroxyl groups is 2. The molecule has 2 atom stereocenters. The summed E-state index contributed by atoms with van der Waals surface area (Å²) in [6.45, 7) is 2.84. The molecule has 1 saturated heterocycles. The first kappa shape index (κ1) is 22.9. The van der Waals surface area contributed by atoms with Crippen LogP contribution in [0.5, 0.6) is 0 Å². The average Bonchev–Trinajstić information content (AvgIpc) is 2.77. The first-order valence-corrected chi connectivity index (χ1v) is 11.8. The zero-order valence-corrected chi connectivity index (χ0v) is 18.5. The SMILES string of the molecule is CC1CC(CO)(CO)CC(CN(C)S(=O)(=O)c2ccccc2)N1Cc1ccccc1. The lowest BCUT2D eigenvalue weighted by Crippen LogP contribution is -2.57. The van der Waals surface area contributed by atoms with Crippen molar-refractivity contribution in [1.82, 2.24) is 9.21 Å². The van der Waals surface area contributed by atoms with Gasteiger partial charge in [0.1, 0.15) is 0 Å². The van der Waals surface area contributed by atoms with Crippen LogP contribution in [0, 0.1) is 5.41 Å². The van der Waals surface area contributed by atoms with Gasteiger partial charge in [-0.15, -0.1) is 0 Å². The van der Waals surface area contributed by atoms with Crippen molar-refractivity contribution in [2.75, 3.05) is 26.8 Å². The minimum Gasteiger partial charge on any atom is -0.396 e. The fourth-order valence-corrected chi connectivity index (χ4v) is 5.76. The summed E-state index contributed by atoms with van der Waals surface area (Å²) in [4.78, 5) is 2.57. The van der Waals surface area contributed by atoms with Gasteiger partial charge in [-0.05, 0) is 37.5 Å². The van der Waals surface area contributed by atoms with Crippen LogP contribution in [-0.4, -0.2) is 66.7 Å². The molecule has 0 saturated carbocycles. The van der Waals surface area contributed by atoms with E-state index in [0.29, 0.717) is 19.4 Å². The molecule has 2 unspecified atom stereocenters. The van der Waals surface area contributed by atoms with Crippen molar-refractivity contribution < 1.29 is 18.6 Å². The number of nitrogens with zero attached hydrogens (tertiary/aromatic N) is 2. The number of hydrogen-bond donors (Lipinski definition) is 2. The van der Waals surface area contributed by atoms with Gasteiger partial charge in [0.05, 0.1) is 18.1 Å². The second-order valence-corrected chi connectivity index (χ2v) is 10.5. The lowest BCUT2D eigenvalue weighted by molar-refractivity contribution is -0.0581. The van der Waals surface area contributed by atoms with Gasteiger partial charge in [0, 0.05) is 37.6 Å². The summed E-state index contributed by atoms with van der Waals surface area (Å²) in [5, 5.41) is 20.0. The smallest absolute Gasteiger partial charge is 0.242 e. The molecular formula is C23H32N2O4S. The van der Waals surface area contributed by atoms with E-state index in [2.05, 4.69) is 24.0 Å². The second-order valence-electron chi connectivity index (χ2n) is 8.48. The van der Waals surface area contributed by atoms with Crippen molar-refractivity contribution in [1.29, 1.82) is 0 Å². The molecule has 1 fully saturated rings. The Hall–Kier alpha value is -1.77. The predicted octanol–water partition coefficient (Wildman–Crippen LogP) is 2.33. The Morgan fingerprint density at radius 1 is 1.00 bits per heavy atom. The van der Waals surface area contributed by atoms with Gasteiger partial charge in [0.2, 0.25) is 10.0 Å². The lowest BCUT2D eigenvalue weighted by Gasteiger charge is -2.50. The number of aliphatic hydroxyl groups excluding tert-OH is 2. The Labute approximate surface area is 179 Å². The Kier molecular flexibility index (Phi) is 7.31. The van der Waals surface area contributed by atoms with Gasteiger partial charge >= 0.3 is 0 Å². The maximum absolute atomic E-state index is 13.1. The molecule has 30 heavy (non-hydrogen) atoms. The van der Waals surface area contributed by atoms with Crippen LogP contribution in [0.2, 0.25) is 0 Å². The van der Waals surface area contributed by atoms with Crippen LogP contribution in [0.1, 0.15) is 25.3 Å². The fourth-order valence-electron chi connectivity index (χ4n) is 4.53. The van der Waals surface area contributed by atoms with Gasteiger partial charge in [-0.25, -0.2) is 8.42 Å². The molecule has 1 heterocycles. The van der Waals surface area contributed by atoms with Crippen LogP contribution >= 0.6 is 0 Å². The highest BCUT2D eigenvalue weighted by Gasteiger charge is 2.43. The van der Waals surface area contributed by atoms with E-state index in [0.717, 1.165) is 5.56 Å². The largest absolute Gasteiger partial charge is 0.396 e. The molecule has 1 aliphatic rings. The zero-order valence-electron chi connectivity index (χ0n) is 17.7. The van der Waals surface area contributed by atoms with Crippen molar-refractivity contribution >= 4 is 10.0 Å². The number of likely N-dealkylation sites (N-methyl/N-ethyl adjacent to an activating group) is 1. The van der Waals surface area contributed by atoms with Gasteiger partial charge in [-0.1, -0.05) is 48.5 Å². The van der Waals surface area contributed by atoms with Crippen molar-refractivity contribution in [3.63, 3.8) is 0 Å². The molecule has 0 bridgehead atoms. The van der Waals surface area contributed by atoms with Crippen LogP contribution in [0.4, 0.5) is 0 Å². The standard InChI is InChI=1S/C23H32N2O4S/c1-19-13-23(17-26,18-27)14-21(25(19)15-20-9-5-3-6-10-20)16-24(2)30(28,29)22-11-7-4-8-12-22/h3-12,19,21,26-27H,13-18H2,1-2H3. The molecule has 0 aliphatic carbocycles. The van der Waals surface area contributed by atoms with Crippen LogP contribution in [-0.2, 0) is 16.6 Å². The van der Waals surface area contributed by atoms with Crippen molar-refractivity contribution in [2.24, 2.45) is 5.41 Å². The van der Waals surface area contributed by atoms with E-state index in [1.807, 2.05) is 18.2 Å². The summed E-state index contributed by atoms with van der Waals surface area (Å²) in [6, 6.07) is 18.5. The molecular weight excluding hydrogens is 400 g/mol. The number of benzene rings is 2. The molecule has 3 rings (SSSR count). The highest BCUT2D eigenvalue weighted by molar-refractivity contribution is 7.89. The summed E-state index contributed by atoms with van der Waals surface area (Å²) < 4.78 is 27.5. The Morgan fingerprint density at radius 2 is 1.57 bits per heavy atom. The van der Waals surface area contributed by atoms with E-state index in [1.54, 1.807) is 37.4 Å². The number of rotatable bonds is 8. The molecule has 164 valence electrons. The summed E-state index contributed by atoms with van der Waals surface area (Å²) in [7, 11) is -2.02. The molecule has 0 aromatic heterocycles. The molecule has 6 nitrogen and oxygen atoms in total. The quantitative estimate of drug-likeness (QED) is 0.669. The van der Waals surface area contributed by atoms with E-state index in [-0.39, 0.29) is 36.7 Å². The molecule has 1 aliphatic heterocycles. The third-order valence-electron chi connectivity index (χ3n) is 6.23. The summed E-state index contributed by atoms with van der Waals surface area (Å²) in [5.41, 5.74) is 0.553. The van der Waals surface area contributed by atoms with E-state index >= 15 is 0 Å². The maximum atomic E-state index is 13.1. The van der Waals surface area contributed by atoms with E-state index in [4.69, 9.17) is 0 Å². The zero-order chi connectivity index (χ0) is 21.8. The van der Waals surface area contributed by atoms with Crippen molar-refractivity contribution in [2.45, 2.75) is 43.3 Å². The summed E-state index contributed by atoms with van der Waals surface area (Å²) in [6.07, 6.45) is 1.20. The molecule has 0 radical (unpaired) electrons. The Bertz CT molecular complexity index is 901. The predicted molar refractivity (Wildman–Crippen MR) is 117 cm³/mol. The van der Waals surface area contributed by atoms with Gasteiger partial charge in [-0.3, -0.25) is 4.90 Å². The van der Waals surface area contributed by atoms with E-state index in [1.165, 1.54) is 4.31 Å². The number of sulfonamides is 1. The van der Waals surface area contributed by atoms with Crippen molar-refractivity contribution in [3.05, 3.63) is 66.2 Å². The van der Waals surface area contributed by atoms with Gasteiger partial charge < -0.3 is 10.2 Å². The highest BCUT2D eigenvalue weighted by Crippen LogP contribution is 2.39. The van der Waals surface area contributed by atoms with E-state index in [9.17, 15) is 18.6 Å². The molecule has 7 heteroatoms. The average molecular weight is 433 g/mol. The minimum absolute atomic E-state index is 0.0936. The van der Waals surface area contributed by atoms with Crippen LogP contribution in [0.25, 0.3) is 0 Å².